The molecule has 1 saturated heterocycles. The molecule has 1 N–H and O–H groups in total. The summed E-state index contributed by atoms with van der Waals surface area (Å²) in [4.78, 5) is 2.49. The third-order valence-electron chi connectivity index (χ3n) is 3.25. The SMILES string of the molecule is CC1(C)CCNCCN1Cc1ccco1. The van der Waals surface area contributed by atoms with Crippen molar-refractivity contribution in [3.8, 4) is 0 Å². The summed E-state index contributed by atoms with van der Waals surface area (Å²) >= 11 is 0. The van der Waals surface area contributed by atoms with E-state index >= 15 is 0 Å². The van der Waals surface area contributed by atoms with Crippen molar-refractivity contribution in [3.05, 3.63) is 24.2 Å². The zero-order chi connectivity index (χ0) is 10.7. The van der Waals surface area contributed by atoms with Crippen molar-refractivity contribution < 1.29 is 4.42 Å². The number of rotatable bonds is 2. The summed E-state index contributed by atoms with van der Waals surface area (Å²) in [5.74, 6) is 1.06. The van der Waals surface area contributed by atoms with Crippen molar-refractivity contribution in [2.75, 3.05) is 19.6 Å². The van der Waals surface area contributed by atoms with Gasteiger partial charge >= 0.3 is 0 Å². The average molecular weight is 208 g/mol. The van der Waals surface area contributed by atoms with Crippen LogP contribution in [0.2, 0.25) is 0 Å². The molecule has 2 rings (SSSR count). The highest BCUT2D eigenvalue weighted by atomic mass is 16.3. The topological polar surface area (TPSA) is 28.4 Å². The van der Waals surface area contributed by atoms with E-state index in [1.54, 1.807) is 6.26 Å². The molecule has 0 atom stereocenters. The highest BCUT2D eigenvalue weighted by molar-refractivity contribution is 5.00. The molecule has 0 aromatic carbocycles. The first-order chi connectivity index (χ1) is 7.18. The van der Waals surface area contributed by atoms with Crippen molar-refractivity contribution in [3.63, 3.8) is 0 Å². The first-order valence-electron chi connectivity index (χ1n) is 5.67. The van der Waals surface area contributed by atoms with Crippen LogP contribution in [0.15, 0.2) is 22.8 Å². The number of nitrogens with one attached hydrogen (secondary N) is 1. The molecule has 1 aromatic heterocycles. The van der Waals surface area contributed by atoms with E-state index in [9.17, 15) is 0 Å². The van der Waals surface area contributed by atoms with Gasteiger partial charge in [0.15, 0.2) is 0 Å². The van der Waals surface area contributed by atoms with Crippen LogP contribution in [0.3, 0.4) is 0 Å². The van der Waals surface area contributed by atoms with Gasteiger partial charge in [0, 0.05) is 18.6 Å². The lowest BCUT2D eigenvalue weighted by molar-refractivity contribution is 0.110. The van der Waals surface area contributed by atoms with Crippen LogP contribution >= 0.6 is 0 Å². The maximum Gasteiger partial charge on any atom is 0.117 e. The summed E-state index contributed by atoms with van der Waals surface area (Å²) in [7, 11) is 0. The van der Waals surface area contributed by atoms with Crippen molar-refractivity contribution in [2.24, 2.45) is 0 Å². The molecule has 0 saturated carbocycles. The van der Waals surface area contributed by atoms with Gasteiger partial charge in [-0.15, -0.1) is 0 Å². The molecule has 0 spiro atoms. The van der Waals surface area contributed by atoms with Crippen molar-refractivity contribution >= 4 is 0 Å². The minimum atomic E-state index is 0.260. The van der Waals surface area contributed by atoms with Crippen molar-refractivity contribution in [2.45, 2.75) is 32.4 Å². The third-order valence-corrected chi connectivity index (χ3v) is 3.25. The smallest absolute Gasteiger partial charge is 0.117 e. The van der Waals surface area contributed by atoms with E-state index in [0.717, 1.165) is 31.9 Å². The minimum absolute atomic E-state index is 0.260. The first kappa shape index (κ1) is 10.7. The Morgan fingerprint density at radius 2 is 2.33 bits per heavy atom. The van der Waals surface area contributed by atoms with Gasteiger partial charge in [-0.1, -0.05) is 0 Å². The van der Waals surface area contributed by atoms with Crippen LogP contribution in [-0.4, -0.2) is 30.1 Å². The molecular formula is C12H20N2O. The monoisotopic (exact) mass is 208 g/mol. The lowest BCUT2D eigenvalue weighted by Crippen LogP contribution is -2.43. The van der Waals surface area contributed by atoms with E-state index in [-0.39, 0.29) is 5.54 Å². The molecule has 1 aromatic rings. The maximum atomic E-state index is 5.41. The summed E-state index contributed by atoms with van der Waals surface area (Å²) in [5, 5.41) is 3.44. The van der Waals surface area contributed by atoms with Crippen molar-refractivity contribution in [1.29, 1.82) is 0 Å². The Hall–Kier alpha value is -0.800. The molecule has 3 heteroatoms. The Balaban J connectivity index is 2.04. The molecule has 15 heavy (non-hydrogen) atoms. The standard InChI is InChI=1S/C12H20N2O/c1-12(2)5-6-13-7-8-14(12)10-11-4-3-9-15-11/h3-4,9,13H,5-8,10H2,1-2H3. The average Bonchev–Trinajstić information content (AvgIpc) is 2.62. The molecule has 0 unspecified atom stereocenters. The summed E-state index contributed by atoms with van der Waals surface area (Å²) in [6, 6.07) is 4.01. The maximum absolute atomic E-state index is 5.41. The zero-order valence-electron chi connectivity index (χ0n) is 9.62. The lowest BCUT2D eigenvalue weighted by Gasteiger charge is -2.36. The molecular weight excluding hydrogens is 188 g/mol. The number of hydrogen-bond acceptors (Lipinski definition) is 3. The fraction of sp³-hybridized carbons (Fsp3) is 0.667. The van der Waals surface area contributed by atoms with Crippen LogP contribution in [0.5, 0.6) is 0 Å². The molecule has 3 nitrogen and oxygen atoms in total. The Kier molecular flexibility index (Phi) is 3.12. The van der Waals surface area contributed by atoms with Gasteiger partial charge in [-0.3, -0.25) is 4.90 Å². The van der Waals surface area contributed by atoms with Crippen LogP contribution < -0.4 is 5.32 Å². The Bertz CT molecular complexity index is 293. The quantitative estimate of drug-likeness (QED) is 0.804. The van der Waals surface area contributed by atoms with Crippen LogP contribution in [0, 0.1) is 0 Å². The summed E-state index contributed by atoms with van der Waals surface area (Å²) in [6.45, 7) is 8.81. The van der Waals surface area contributed by atoms with E-state index in [2.05, 4.69) is 30.1 Å². The van der Waals surface area contributed by atoms with E-state index in [0.29, 0.717) is 0 Å². The fourth-order valence-corrected chi connectivity index (χ4v) is 2.08. The second-order valence-electron chi connectivity index (χ2n) is 4.81. The summed E-state index contributed by atoms with van der Waals surface area (Å²) in [5.41, 5.74) is 0.260. The molecule has 0 amide bonds. The molecule has 2 heterocycles. The van der Waals surface area contributed by atoms with Gasteiger partial charge in [0.2, 0.25) is 0 Å². The van der Waals surface area contributed by atoms with Crippen LogP contribution in [0.25, 0.3) is 0 Å². The predicted octanol–water partition coefficient (Wildman–Crippen LogP) is 1.85. The van der Waals surface area contributed by atoms with Gasteiger partial charge in [-0.2, -0.15) is 0 Å². The number of furan rings is 1. The molecule has 1 fully saturated rings. The molecule has 0 bridgehead atoms. The number of hydrogen-bond donors (Lipinski definition) is 1. The first-order valence-corrected chi connectivity index (χ1v) is 5.67. The molecule has 1 aliphatic rings. The van der Waals surface area contributed by atoms with Crippen LogP contribution in [0.4, 0.5) is 0 Å². The largest absolute Gasteiger partial charge is 0.468 e. The van der Waals surface area contributed by atoms with Crippen LogP contribution in [0.1, 0.15) is 26.0 Å². The second kappa shape index (κ2) is 4.37. The van der Waals surface area contributed by atoms with E-state index in [1.807, 2.05) is 6.07 Å². The van der Waals surface area contributed by atoms with E-state index < -0.39 is 0 Å². The lowest BCUT2D eigenvalue weighted by atomic mass is 9.98. The summed E-state index contributed by atoms with van der Waals surface area (Å²) < 4.78 is 5.41. The van der Waals surface area contributed by atoms with Crippen LogP contribution in [-0.2, 0) is 6.54 Å². The third kappa shape index (κ3) is 2.61. The van der Waals surface area contributed by atoms with Crippen molar-refractivity contribution in [1.82, 2.24) is 10.2 Å². The van der Waals surface area contributed by atoms with Gasteiger partial charge in [0.1, 0.15) is 5.76 Å². The minimum Gasteiger partial charge on any atom is -0.468 e. The van der Waals surface area contributed by atoms with Gasteiger partial charge in [-0.05, 0) is 38.9 Å². The van der Waals surface area contributed by atoms with Gasteiger partial charge in [-0.25, -0.2) is 0 Å². The molecule has 84 valence electrons. The van der Waals surface area contributed by atoms with E-state index in [1.165, 1.54) is 6.42 Å². The Morgan fingerprint density at radius 1 is 1.47 bits per heavy atom. The van der Waals surface area contributed by atoms with E-state index in [4.69, 9.17) is 4.42 Å². The van der Waals surface area contributed by atoms with Gasteiger partial charge in [0.25, 0.3) is 0 Å². The normalized spacial score (nSPS) is 22.5. The van der Waals surface area contributed by atoms with Gasteiger partial charge in [0.05, 0.1) is 12.8 Å². The number of nitrogens with zero attached hydrogens (tertiary/aromatic N) is 1. The highest BCUT2D eigenvalue weighted by Gasteiger charge is 2.28. The summed E-state index contributed by atoms with van der Waals surface area (Å²) in [6.07, 6.45) is 2.94. The molecule has 0 aliphatic carbocycles. The Labute approximate surface area is 91.4 Å². The second-order valence-corrected chi connectivity index (χ2v) is 4.81. The van der Waals surface area contributed by atoms with Gasteiger partial charge < -0.3 is 9.73 Å². The fourth-order valence-electron chi connectivity index (χ4n) is 2.08. The molecule has 0 radical (unpaired) electrons. The Morgan fingerprint density at radius 3 is 3.07 bits per heavy atom. The predicted molar refractivity (Wildman–Crippen MR) is 60.7 cm³/mol. The highest BCUT2D eigenvalue weighted by Crippen LogP contribution is 2.22. The molecule has 1 aliphatic heterocycles. The zero-order valence-corrected chi connectivity index (χ0v) is 9.62.